The fraction of sp³-hybridized carbons (Fsp3) is 0.600. The van der Waals surface area contributed by atoms with Crippen molar-refractivity contribution in [1.82, 2.24) is 0 Å². The second-order valence-corrected chi connectivity index (χ2v) is 5.15. The number of methoxy groups -OCH3 is 2. The summed E-state index contributed by atoms with van der Waals surface area (Å²) in [6.45, 7) is 0.331. The van der Waals surface area contributed by atoms with Gasteiger partial charge in [-0.25, -0.2) is 0 Å². The van der Waals surface area contributed by atoms with Crippen molar-refractivity contribution in [3.63, 3.8) is 0 Å². The third-order valence-electron chi connectivity index (χ3n) is 3.89. The Morgan fingerprint density at radius 3 is 2.52 bits per heavy atom. The van der Waals surface area contributed by atoms with Crippen LogP contribution in [0.5, 0.6) is 0 Å². The number of benzene rings is 1. The molecule has 0 radical (unpaired) electrons. The zero-order valence-electron chi connectivity index (χ0n) is 12.0. The van der Waals surface area contributed by atoms with Gasteiger partial charge in [0.25, 0.3) is 0 Å². The summed E-state index contributed by atoms with van der Waals surface area (Å²) >= 11 is 0. The zero-order chi connectivity index (χ0) is 14.8. The van der Waals surface area contributed by atoms with Crippen molar-refractivity contribution in [3.05, 3.63) is 35.9 Å². The van der Waals surface area contributed by atoms with Crippen molar-refractivity contribution in [2.24, 2.45) is 0 Å². The largest absolute Gasteiger partial charge is 0.387 e. The molecule has 0 aromatic heterocycles. The van der Waals surface area contributed by atoms with Crippen molar-refractivity contribution in [2.45, 2.75) is 37.0 Å². The molecule has 0 amide bonds. The fourth-order valence-corrected chi connectivity index (χ4v) is 2.79. The molecule has 0 spiro atoms. The van der Waals surface area contributed by atoms with E-state index in [1.165, 1.54) is 14.2 Å². The van der Waals surface area contributed by atoms with E-state index in [0.717, 1.165) is 5.56 Å². The molecule has 2 fully saturated rings. The molecule has 2 saturated heterocycles. The molecule has 0 unspecified atom stereocenters. The smallest absolute Gasteiger partial charge is 0.186 e. The molecule has 2 heterocycles. The second kappa shape index (κ2) is 6.39. The summed E-state index contributed by atoms with van der Waals surface area (Å²) in [5, 5.41) is 10.5. The number of fused-ring (bicyclic) bond motifs is 1. The Hall–Kier alpha value is -1.02. The third-order valence-corrected chi connectivity index (χ3v) is 3.89. The van der Waals surface area contributed by atoms with Gasteiger partial charge < -0.3 is 28.8 Å². The summed E-state index contributed by atoms with van der Waals surface area (Å²) in [4.78, 5) is 0. The number of hydrogen-bond donors (Lipinski definition) is 1. The first-order chi connectivity index (χ1) is 10.2. The molecule has 2 aliphatic heterocycles. The Kier molecular flexibility index (Phi) is 4.54. The first kappa shape index (κ1) is 14.9. The average molecular weight is 296 g/mol. The minimum atomic E-state index is -0.839. The summed E-state index contributed by atoms with van der Waals surface area (Å²) in [5.41, 5.74) is 0.908. The van der Waals surface area contributed by atoms with Crippen molar-refractivity contribution in [2.75, 3.05) is 20.8 Å². The lowest BCUT2D eigenvalue weighted by Crippen LogP contribution is -2.62. The minimum Gasteiger partial charge on any atom is -0.387 e. The van der Waals surface area contributed by atoms with Crippen LogP contribution >= 0.6 is 0 Å². The topological polar surface area (TPSA) is 66.4 Å². The quantitative estimate of drug-likeness (QED) is 0.892. The van der Waals surface area contributed by atoms with Gasteiger partial charge in [0.15, 0.2) is 12.6 Å². The van der Waals surface area contributed by atoms with Gasteiger partial charge in [0.1, 0.15) is 24.4 Å². The fourth-order valence-electron chi connectivity index (χ4n) is 2.79. The molecule has 116 valence electrons. The molecule has 3 rings (SSSR count). The van der Waals surface area contributed by atoms with Crippen molar-refractivity contribution < 1.29 is 28.8 Å². The van der Waals surface area contributed by atoms with Gasteiger partial charge >= 0.3 is 0 Å². The van der Waals surface area contributed by atoms with Crippen LogP contribution in [-0.2, 0) is 23.7 Å². The maximum atomic E-state index is 10.5. The Morgan fingerprint density at radius 2 is 1.86 bits per heavy atom. The van der Waals surface area contributed by atoms with E-state index in [0.29, 0.717) is 6.61 Å². The standard InChI is InChI=1S/C15H20O6/c1-17-13-11(16)12-10(20-15(13)18-2)8-19-14(21-12)9-6-4-3-5-7-9/h3-7,10-16H,8H2,1-2H3/t10-,11+,12-,13-,14-,15+/m1/s1. The van der Waals surface area contributed by atoms with Gasteiger partial charge in [-0.15, -0.1) is 0 Å². The van der Waals surface area contributed by atoms with E-state index in [2.05, 4.69) is 0 Å². The van der Waals surface area contributed by atoms with E-state index in [1.54, 1.807) is 0 Å². The van der Waals surface area contributed by atoms with Crippen LogP contribution in [0.1, 0.15) is 11.9 Å². The number of aliphatic hydroxyl groups excluding tert-OH is 1. The molecule has 2 aliphatic rings. The van der Waals surface area contributed by atoms with E-state index in [1.807, 2.05) is 30.3 Å². The van der Waals surface area contributed by atoms with Crippen LogP contribution in [0.15, 0.2) is 30.3 Å². The lowest BCUT2D eigenvalue weighted by Gasteiger charge is -2.46. The van der Waals surface area contributed by atoms with Crippen LogP contribution in [-0.4, -0.2) is 56.6 Å². The molecule has 1 N–H and O–H groups in total. The van der Waals surface area contributed by atoms with Crippen LogP contribution in [0.25, 0.3) is 0 Å². The normalized spacial score (nSPS) is 39.8. The summed E-state index contributed by atoms with van der Waals surface area (Å²) in [6.07, 6.45) is -3.47. The van der Waals surface area contributed by atoms with E-state index in [4.69, 9.17) is 23.7 Å². The van der Waals surface area contributed by atoms with Crippen LogP contribution in [0.2, 0.25) is 0 Å². The molecule has 0 aliphatic carbocycles. The minimum absolute atomic E-state index is 0.331. The first-order valence-corrected chi connectivity index (χ1v) is 6.95. The Balaban J connectivity index is 1.75. The van der Waals surface area contributed by atoms with Gasteiger partial charge in [0.05, 0.1) is 6.61 Å². The summed E-state index contributed by atoms with van der Waals surface area (Å²) in [6, 6.07) is 9.61. The molecule has 1 aromatic carbocycles. The van der Waals surface area contributed by atoms with Gasteiger partial charge in [-0.2, -0.15) is 0 Å². The molecule has 21 heavy (non-hydrogen) atoms. The summed E-state index contributed by atoms with van der Waals surface area (Å²) < 4.78 is 27.8. The highest BCUT2D eigenvalue weighted by Crippen LogP contribution is 2.34. The number of hydrogen-bond acceptors (Lipinski definition) is 6. The average Bonchev–Trinajstić information content (AvgIpc) is 2.55. The van der Waals surface area contributed by atoms with Crippen LogP contribution in [0.3, 0.4) is 0 Å². The molecular formula is C15H20O6. The zero-order valence-corrected chi connectivity index (χ0v) is 12.0. The summed E-state index contributed by atoms with van der Waals surface area (Å²) in [5.74, 6) is 0. The number of aliphatic hydroxyl groups is 1. The molecule has 6 nitrogen and oxygen atoms in total. The SMILES string of the molecule is CO[C@H]1O[C@@H]2CO[C@@H](c3ccccc3)O[C@H]2[C@H](O)[C@H]1OC. The molecule has 6 atom stereocenters. The first-order valence-electron chi connectivity index (χ1n) is 6.95. The third kappa shape index (κ3) is 2.83. The van der Waals surface area contributed by atoms with E-state index < -0.39 is 30.9 Å². The highest BCUT2D eigenvalue weighted by molar-refractivity contribution is 5.16. The molecule has 0 saturated carbocycles. The van der Waals surface area contributed by atoms with Crippen molar-refractivity contribution in [1.29, 1.82) is 0 Å². The van der Waals surface area contributed by atoms with Crippen LogP contribution in [0, 0.1) is 0 Å². The maximum absolute atomic E-state index is 10.5. The Bertz CT molecular complexity index is 453. The van der Waals surface area contributed by atoms with Crippen molar-refractivity contribution >= 4 is 0 Å². The molecule has 1 aromatic rings. The van der Waals surface area contributed by atoms with Gasteiger partial charge in [0.2, 0.25) is 0 Å². The van der Waals surface area contributed by atoms with Gasteiger partial charge in [-0.3, -0.25) is 0 Å². The molecule has 0 bridgehead atoms. The number of rotatable bonds is 3. The molecular weight excluding hydrogens is 276 g/mol. The van der Waals surface area contributed by atoms with E-state index >= 15 is 0 Å². The van der Waals surface area contributed by atoms with Gasteiger partial charge in [-0.1, -0.05) is 30.3 Å². The monoisotopic (exact) mass is 296 g/mol. The van der Waals surface area contributed by atoms with Crippen molar-refractivity contribution in [3.8, 4) is 0 Å². The predicted molar refractivity (Wildman–Crippen MR) is 72.5 cm³/mol. The van der Waals surface area contributed by atoms with Gasteiger partial charge in [0, 0.05) is 19.8 Å². The van der Waals surface area contributed by atoms with Gasteiger partial charge in [-0.05, 0) is 0 Å². The second-order valence-electron chi connectivity index (χ2n) is 5.15. The Morgan fingerprint density at radius 1 is 1.10 bits per heavy atom. The highest BCUT2D eigenvalue weighted by atomic mass is 16.8. The van der Waals surface area contributed by atoms with Crippen LogP contribution < -0.4 is 0 Å². The van der Waals surface area contributed by atoms with E-state index in [-0.39, 0.29) is 6.10 Å². The molecule has 6 heteroatoms. The summed E-state index contributed by atoms with van der Waals surface area (Å²) in [7, 11) is 3.03. The Labute approximate surface area is 123 Å². The predicted octanol–water partition coefficient (Wildman–Crippen LogP) is 0.848. The lowest BCUT2D eigenvalue weighted by molar-refractivity contribution is -0.360. The highest BCUT2D eigenvalue weighted by Gasteiger charge is 2.49. The lowest BCUT2D eigenvalue weighted by atomic mass is 9.97. The van der Waals surface area contributed by atoms with E-state index in [9.17, 15) is 5.11 Å². The maximum Gasteiger partial charge on any atom is 0.186 e. The van der Waals surface area contributed by atoms with Crippen LogP contribution in [0.4, 0.5) is 0 Å². The number of ether oxygens (including phenoxy) is 5.